The molecule has 0 bridgehead atoms. The quantitative estimate of drug-likeness (QED) is 0.736. The normalized spacial score (nSPS) is 10.6. The summed E-state index contributed by atoms with van der Waals surface area (Å²) in [7, 11) is 1.61. The number of benzene rings is 1. The van der Waals surface area contributed by atoms with Crippen molar-refractivity contribution in [2.45, 2.75) is 26.0 Å². The average Bonchev–Trinajstić information content (AvgIpc) is 2.26. The van der Waals surface area contributed by atoms with E-state index in [1.54, 1.807) is 18.9 Å². The van der Waals surface area contributed by atoms with E-state index in [1.165, 1.54) is 0 Å². The molecule has 2 nitrogen and oxygen atoms in total. The van der Waals surface area contributed by atoms with Crippen molar-refractivity contribution in [3.8, 4) is 5.75 Å². The van der Waals surface area contributed by atoms with Crippen molar-refractivity contribution in [2.75, 3.05) is 12.9 Å². The third kappa shape index (κ3) is 3.56. The molecule has 0 unspecified atom stereocenters. The second kappa shape index (κ2) is 5.94. The molecular formula is C13H18O2S. The van der Waals surface area contributed by atoms with E-state index in [0.717, 1.165) is 16.9 Å². The van der Waals surface area contributed by atoms with Crippen molar-refractivity contribution in [3.63, 3.8) is 0 Å². The third-order valence-corrected chi connectivity index (χ3v) is 3.39. The lowest BCUT2D eigenvalue weighted by molar-refractivity contribution is 0.102. The average molecular weight is 238 g/mol. The number of ketones is 1. The molecule has 0 spiro atoms. The molecule has 0 aromatic heterocycles. The molecule has 1 aromatic rings. The Hall–Kier alpha value is -0.960. The monoisotopic (exact) mass is 238 g/mol. The first-order chi connectivity index (χ1) is 7.54. The second-order valence-electron chi connectivity index (χ2n) is 3.96. The van der Waals surface area contributed by atoms with Gasteiger partial charge in [0.1, 0.15) is 5.75 Å². The fourth-order valence-electron chi connectivity index (χ4n) is 1.35. The number of carbonyl (C=O) groups is 1. The molecule has 0 aliphatic heterocycles. The predicted molar refractivity (Wildman–Crippen MR) is 69.7 cm³/mol. The topological polar surface area (TPSA) is 26.3 Å². The Balaban J connectivity index is 2.81. The van der Waals surface area contributed by atoms with E-state index in [9.17, 15) is 4.79 Å². The number of Topliss-reactive ketones (excluding diaryl/α,β-unsaturated/α-hetero) is 1. The van der Waals surface area contributed by atoms with Crippen LogP contribution in [0.25, 0.3) is 0 Å². The summed E-state index contributed by atoms with van der Waals surface area (Å²) in [5.74, 6) is 1.45. The SMILES string of the molecule is COc1ccc(C)c(C(=O)CSC(C)C)c1. The fourth-order valence-corrected chi connectivity index (χ4v) is 1.99. The molecule has 16 heavy (non-hydrogen) atoms. The molecular weight excluding hydrogens is 220 g/mol. The van der Waals surface area contributed by atoms with Crippen molar-refractivity contribution >= 4 is 17.5 Å². The van der Waals surface area contributed by atoms with Gasteiger partial charge in [-0.25, -0.2) is 0 Å². The third-order valence-electron chi connectivity index (χ3n) is 2.29. The zero-order valence-electron chi connectivity index (χ0n) is 10.2. The lowest BCUT2D eigenvalue weighted by Crippen LogP contribution is -2.07. The van der Waals surface area contributed by atoms with Crippen LogP contribution in [0.1, 0.15) is 29.8 Å². The number of hydrogen-bond donors (Lipinski definition) is 0. The molecule has 1 rings (SSSR count). The highest BCUT2D eigenvalue weighted by atomic mass is 32.2. The van der Waals surface area contributed by atoms with Crippen molar-refractivity contribution in [2.24, 2.45) is 0 Å². The van der Waals surface area contributed by atoms with E-state index in [2.05, 4.69) is 13.8 Å². The van der Waals surface area contributed by atoms with Crippen LogP contribution in [0.5, 0.6) is 5.75 Å². The summed E-state index contributed by atoms with van der Waals surface area (Å²) in [6.45, 7) is 6.14. The summed E-state index contributed by atoms with van der Waals surface area (Å²) >= 11 is 1.67. The van der Waals surface area contributed by atoms with E-state index in [-0.39, 0.29) is 5.78 Å². The van der Waals surface area contributed by atoms with Crippen LogP contribution in [0.2, 0.25) is 0 Å². The Labute approximate surface area is 101 Å². The number of methoxy groups -OCH3 is 1. The van der Waals surface area contributed by atoms with Gasteiger partial charge in [0.15, 0.2) is 5.78 Å². The summed E-state index contributed by atoms with van der Waals surface area (Å²) in [6, 6.07) is 5.62. The van der Waals surface area contributed by atoms with Gasteiger partial charge in [-0.2, -0.15) is 11.8 Å². The summed E-state index contributed by atoms with van der Waals surface area (Å²) in [5.41, 5.74) is 1.78. The molecule has 1 aromatic carbocycles. The Kier molecular flexibility index (Phi) is 4.87. The summed E-state index contributed by atoms with van der Waals surface area (Å²) < 4.78 is 5.13. The van der Waals surface area contributed by atoms with Gasteiger partial charge in [-0.15, -0.1) is 0 Å². The summed E-state index contributed by atoms with van der Waals surface area (Å²) in [5, 5.41) is 0.481. The second-order valence-corrected chi connectivity index (χ2v) is 5.53. The number of thioether (sulfide) groups is 1. The Morgan fingerprint density at radius 3 is 2.69 bits per heavy atom. The Morgan fingerprint density at radius 2 is 2.12 bits per heavy atom. The van der Waals surface area contributed by atoms with Crippen LogP contribution < -0.4 is 4.74 Å². The van der Waals surface area contributed by atoms with Gasteiger partial charge in [-0.3, -0.25) is 4.79 Å². The van der Waals surface area contributed by atoms with E-state index in [1.807, 2.05) is 25.1 Å². The molecule has 3 heteroatoms. The highest BCUT2D eigenvalue weighted by Crippen LogP contribution is 2.20. The number of ether oxygens (including phenoxy) is 1. The molecule has 0 N–H and O–H groups in total. The van der Waals surface area contributed by atoms with Gasteiger partial charge in [-0.1, -0.05) is 19.9 Å². The van der Waals surface area contributed by atoms with Gasteiger partial charge in [-0.05, 0) is 29.9 Å². The van der Waals surface area contributed by atoms with E-state index in [4.69, 9.17) is 4.74 Å². The highest BCUT2D eigenvalue weighted by molar-refractivity contribution is 8.00. The van der Waals surface area contributed by atoms with Crippen LogP contribution in [-0.4, -0.2) is 23.9 Å². The van der Waals surface area contributed by atoms with Gasteiger partial charge in [0.25, 0.3) is 0 Å². The first-order valence-corrected chi connectivity index (χ1v) is 6.39. The van der Waals surface area contributed by atoms with Crippen molar-refractivity contribution in [1.82, 2.24) is 0 Å². The standard InChI is InChI=1S/C13H18O2S/c1-9(2)16-8-13(14)12-7-11(15-4)6-5-10(12)3/h5-7,9H,8H2,1-4H3. The van der Waals surface area contributed by atoms with Crippen LogP contribution in [0.15, 0.2) is 18.2 Å². The molecule has 0 atom stereocenters. The smallest absolute Gasteiger partial charge is 0.173 e. The van der Waals surface area contributed by atoms with Gasteiger partial charge in [0.05, 0.1) is 12.9 Å². The fraction of sp³-hybridized carbons (Fsp3) is 0.462. The molecule has 0 aliphatic carbocycles. The molecule has 0 saturated carbocycles. The van der Waals surface area contributed by atoms with Gasteiger partial charge >= 0.3 is 0 Å². The van der Waals surface area contributed by atoms with Crippen LogP contribution in [-0.2, 0) is 0 Å². The van der Waals surface area contributed by atoms with Gasteiger partial charge in [0.2, 0.25) is 0 Å². The zero-order valence-corrected chi connectivity index (χ0v) is 11.1. The molecule has 0 heterocycles. The lowest BCUT2D eigenvalue weighted by Gasteiger charge is -2.08. The maximum atomic E-state index is 12.0. The summed E-state index contributed by atoms with van der Waals surface area (Å²) in [6.07, 6.45) is 0. The molecule has 0 fully saturated rings. The minimum Gasteiger partial charge on any atom is -0.497 e. The number of hydrogen-bond acceptors (Lipinski definition) is 3. The van der Waals surface area contributed by atoms with E-state index >= 15 is 0 Å². The van der Waals surface area contributed by atoms with Gasteiger partial charge in [0, 0.05) is 5.56 Å². The molecule has 0 saturated heterocycles. The number of aryl methyl sites for hydroxylation is 1. The lowest BCUT2D eigenvalue weighted by atomic mass is 10.1. The van der Waals surface area contributed by atoms with E-state index < -0.39 is 0 Å². The molecule has 88 valence electrons. The maximum Gasteiger partial charge on any atom is 0.173 e. The predicted octanol–water partition coefficient (Wildman–Crippen LogP) is 3.33. The Bertz CT molecular complexity index is 372. The van der Waals surface area contributed by atoms with Crippen molar-refractivity contribution in [3.05, 3.63) is 29.3 Å². The molecule has 0 aliphatic rings. The minimum atomic E-state index is 0.176. The van der Waals surface area contributed by atoms with Crippen molar-refractivity contribution < 1.29 is 9.53 Å². The number of carbonyl (C=O) groups excluding carboxylic acids is 1. The number of rotatable bonds is 5. The zero-order chi connectivity index (χ0) is 12.1. The van der Waals surface area contributed by atoms with Crippen LogP contribution in [0.3, 0.4) is 0 Å². The van der Waals surface area contributed by atoms with Crippen molar-refractivity contribution in [1.29, 1.82) is 0 Å². The largest absolute Gasteiger partial charge is 0.497 e. The first kappa shape index (κ1) is 13.1. The van der Waals surface area contributed by atoms with E-state index in [0.29, 0.717) is 11.0 Å². The first-order valence-electron chi connectivity index (χ1n) is 5.34. The maximum absolute atomic E-state index is 12.0. The van der Waals surface area contributed by atoms with Crippen LogP contribution >= 0.6 is 11.8 Å². The molecule has 0 radical (unpaired) electrons. The minimum absolute atomic E-state index is 0.176. The summed E-state index contributed by atoms with van der Waals surface area (Å²) in [4.78, 5) is 12.0. The van der Waals surface area contributed by atoms with Crippen LogP contribution in [0.4, 0.5) is 0 Å². The molecule has 0 amide bonds. The highest BCUT2D eigenvalue weighted by Gasteiger charge is 2.11. The van der Waals surface area contributed by atoms with Gasteiger partial charge < -0.3 is 4.74 Å². The Morgan fingerprint density at radius 1 is 1.44 bits per heavy atom. The van der Waals surface area contributed by atoms with Crippen LogP contribution in [0, 0.1) is 6.92 Å².